The highest BCUT2D eigenvalue weighted by atomic mass is 35.5. The smallest absolute Gasteiger partial charge is 0.173 e. The number of aromatic nitrogens is 2. The van der Waals surface area contributed by atoms with Gasteiger partial charge in [-0.15, -0.1) is 0 Å². The number of hydrogen-bond acceptors (Lipinski definition) is 4. The summed E-state index contributed by atoms with van der Waals surface area (Å²) in [6, 6.07) is 25.4. The van der Waals surface area contributed by atoms with E-state index in [0.717, 1.165) is 47.6 Å². The highest BCUT2D eigenvalue weighted by Crippen LogP contribution is 2.18. The lowest BCUT2D eigenvalue weighted by Crippen LogP contribution is -2.35. The maximum Gasteiger partial charge on any atom is 0.173 e. The van der Waals surface area contributed by atoms with Crippen molar-refractivity contribution in [1.82, 2.24) is 14.5 Å². The van der Waals surface area contributed by atoms with Crippen molar-refractivity contribution in [2.24, 2.45) is 0 Å². The van der Waals surface area contributed by atoms with Crippen molar-refractivity contribution in [3.63, 3.8) is 0 Å². The van der Waals surface area contributed by atoms with Gasteiger partial charge in [0, 0.05) is 42.2 Å². The minimum Gasteiger partial charge on any atom is -0.497 e. The predicted octanol–water partition coefficient (Wildman–Crippen LogP) is 6.30. The van der Waals surface area contributed by atoms with E-state index in [9.17, 15) is 0 Å². The van der Waals surface area contributed by atoms with Crippen LogP contribution in [0.25, 0.3) is 0 Å². The van der Waals surface area contributed by atoms with Crippen molar-refractivity contribution in [3.05, 3.63) is 113 Å². The summed E-state index contributed by atoms with van der Waals surface area (Å²) < 4.78 is 7.40. The fraction of sp³-hybridized carbons (Fsp3) is 0.207. The van der Waals surface area contributed by atoms with Crippen LogP contribution in [0.5, 0.6) is 5.75 Å². The molecule has 0 amide bonds. The number of nitrogens with zero attached hydrogens (tertiary/aromatic N) is 4. The third-order valence-electron chi connectivity index (χ3n) is 5.99. The van der Waals surface area contributed by atoms with Crippen molar-refractivity contribution in [2.75, 3.05) is 19.0 Å². The lowest BCUT2D eigenvalue weighted by atomic mass is 10.1. The van der Waals surface area contributed by atoms with E-state index in [2.05, 4.69) is 31.9 Å². The number of thiocarbonyl (C=S) groups is 1. The van der Waals surface area contributed by atoms with Gasteiger partial charge in [-0.05, 0) is 84.7 Å². The highest BCUT2D eigenvalue weighted by Gasteiger charge is 2.13. The first-order chi connectivity index (χ1) is 18.0. The molecule has 8 heteroatoms. The molecule has 0 atom stereocenters. The van der Waals surface area contributed by atoms with Crippen LogP contribution in [-0.4, -0.2) is 33.2 Å². The van der Waals surface area contributed by atoms with E-state index in [0.29, 0.717) is 28.8 Å². The Morgan fingerprint density at radius 1 is 1.11 bits per heavy atom. The quantitative estimate of drug-likeness (QED) is 0.243. The fourth-order valence-corrected chi connectivity index (χ4v) is 4.50. The average Bonchev–Trinajstić information content (AvgIpc) is 3.35. The maximum absolute atomic E-state index is 9.03. The summed E-state index contributed by atoms with van der Waals surface area (Å²) in [4.78, 5) is 6.53. The Bertz CT molecular complexity index is 1360. The molecule has 4 aromatic rings. The normalized spacial score (nSPS) is 10.5. The Hall–Kier alpha value is -3.86. The van der Waals surface area contributed by atoms with Crippen molar-refractivity contribution in [1.29, 1.82) is 5.26 Å². The molecule has 0 aliphatic heterocycles. The molecular formula is C29H28ClN5OS. The van der Waals surface area contributed by atoms with Crippen LogP contribution in [0.4, 0.5) is 5.69 Å². The zero-order valence-corrected chi connectivity index (χ0v) is 22.2. The van der Waals surface area contributed by atoms with Gasteiger partial charge in [0.1, 0.15) is 5.75 Å². The van der Waals surface area contributed by atoms with Crippen LogP contribution in [0.1, 0.15) is 28.8 Å². The molecule has 0 aliphatic carbocycles. The van der Waals surface area contributed by atoms with Gasteiger partial charge in [-0.2, -0.15) is 5.26 Å². The zero-order chi connectivity index (χ0) is 26.0. The molecular weight excluding hydrogens is 502 g/mol. The number of imidazole rings is 1. The molecule has 0 saturated heterocycles. The van der Waals surface area contributed by atoms with E-state index in [4.69, 9.17) is 33.8 Å². The summed E-state index contributed by atoms with van der Waals surface area (Å²) in [5.74, 6) is 0.796. The first-order valence-corrected chi connectivity index (χ1v) is 12.7. The van der Waals surface area contributed by atoms with E-state index < -0.39 is 0 Å². The van der Waals surface area contributed by atoms with Crippen molar-refractivity contribution in [2.45, 2.75) is 25.9 Å². The van der Waals surface area contributed by atoms with Gasteiger partial charge in [-0.25, -0.2) is 4.98 Å². The lowest BCUT2D eigenvalue weighted by Gasteiger charge is -2.26. The summed E-state index contributed by atoms with van der Waals surface area (Å²) in [7, 11) is 1.65. The van der Waals surface area contributed by atoms with Crippen LogP contribution in [0.15, 0.2) is 85.3 Å². The molecule has 0 aliphatic rings. The third-order valence-corrected chi connectivity index (χ3v) is 6.58. The van der Waals surface area contributed by atoms with Crippen molar-refractivity contribution < 1.29 is 4.74 Å². The van der Waals surface area contributed by atoms with Crippen LogP contribution in [-0.2, 0) is 19.5 Å². The van der Waals surface area contributed by atoms with E-state index in [1.807, 2.05) is 79.3 Å². The van der Waals surface area contributed by atoms with Crippen molar-refractivity contribution in [3.8, 4) is 11.8 Å². The lowest BCUT2D eigenvalue weighted by molar-refractivity contribution is 0.408. The van der Waals surface area contributed by atoms with Gasteiger partial charge < -0.3 is 19.5 Å². The molecule has 188 valence electrons. The van der Waals surface area contributed by atoms with Crippen LogP contribution < -0.4 is 10.1 Å². The molecule has 1 heterocycles. The second-order valence-electron chi connectivity index (χ2n) is 8.64. The summed E-state index contributed by atoms with van der Waals surface area (Å²) in [6.45, 7) is 2.12. The minimum atomic E-state index is 0.646. The van der Waals surface area contributed by atoms with Crippen LogP contribution in [0.3, 0.4) is 0 Å². The molecule has 0 fully saturated rings. The summed E-state index contributed by atoms with van der Waals surface area (Å²) in [6.07, 6.45) is 5.52. The Morgan fingerprint density at radius 3 is 2.59 bits per heavy atom. The molecule has 0 spiro atoms. The fourth-order valence-electron chi connectivity index (χ4n) is 4.02. The largest absolute Gasteiger partial charge is 0.497 e. The number of benzene rings is 3. The van der Waals surface area contributed by atoms with E-state index in [-0.39, 0.29) is 0 Å². The number of hydrogen-bond donors (Lipinski definition) is 1. The average molecular weight is 530 g/mol. The molecule has 1 aromatic heterocycles. The Balaban J connectivity index is 1.41. The molecule has 0 saturated carbocycles. The third kappa shape index (κ3) is 7.56. The molecule has 37 heavy (non-hydrogen) atoms. The van der Waals surface area contributed by atoms with Gasteiger partial charge in [0.05, 0.1) is 25.1 Å². The number of ether oxygens (including phenoxy) is 1. The Morgan fingerprint density at radius 2 is 1.89 bits per heavy atom. The standard InChI is InChI=1S/C29H28ClN5OS/c1-36-28-13-11-26(12-14-28)33-29(37)34(20-24-4-2-5-25(30)16-24)15-3-6-27-18-32-21-35(27)19-23-9-7-22(17-31)8-10-23/h2,4-5,7-14,16,18,21H,3,6,15,19-20H2,1H3,(H,33,37). The monoisotopic (exact) mass is 529 g/mol. The van der Waals surface area contributed by atoms with Crippen LogP contribution in [0.2, 0.25) is 5.02 Å². The molecule has 0 radical (unpaired) electrons. The number of methoxy groups -OCH3 is 1. The number of nitrogens with one attached hydrogen (secondary N) is 1. The highest BCUT2D eigenvalue weighted by molar-refractivity contribution is 7.80. The maximum atomic E-state index is 9.03. The van der Waals surface area contributed by atoms with E-state index in [1.165, 1.54) is 0 Å². The topological polar surface area (TPSA) is 66.1 Å². The number of anilines is 1. The number of nitriles is 1. The van der Waals surface area contributed by atoms with Gasteiger partial charge in [0.15, 0.2) is 5.11 Å². The van der Waals surface area contributed by atoms with Crippen LogP contribution >= 0.6 is 23.8 Å². The van der Waals surface area contributed by atoms with Crippen molar-refractivity contribution >= 4 is 34.6 Å². The van der Waals surface area contributed by atoms with E-state index >= 15 is 0 Å². The SMILES string of the molecule is COc1ccc(NC(=S)N(CCCc2cncn2Cc2ccc(C#N)cc2)Cc2cccc(Cl)c2)cc1. The number of rotatable bonds is 10. The summed E-state index contributed by atoms with van der Waals surface area (Å²) in [5, 5.41) is 13.7. The number of aryl methyl sites for hydroxylation is 1. The van der Waals surface area contributed by atoms with Gasteiger partial charge in [-0.1, -0.05) is 35.9 Å². The first-order valence-electron chi connectivity index (χ1n) is 12.0. The molecule has 6 nitrogen and oxygen atoms in total. The van der Waals surface area contributed by atoms with Crippen LogP contribution in [0, 0.1) is 11.3 Å². The van der Waals surface area contributed by atoms with Gasteiger partial charge in [0.25, 0.3) is 0 Å². The molecule has 0 unspecified atom stereocenters. The predicted molar refractivity (Wildman–Crippen MR) is 152 cm³/mol. The molecule has 3 aromatic carbocycles. The molecule has 1 N–H and O–H groups in total. The zero-order valence-electron chi connectivity index (χ0n) is 20.6. The van der Waals surface area contributed by atoms with Gasteiger partial charge in [-0.3, -0.25) is 0 Å². The molecule has 4 rings (SSSR count). The van der Waals surface area contributed by atoms with Gasteiger partial charge >= 0.3 is 0 Å². The Kier molecular flexibility index (Phi) is 9.14. The van der Waals surface area contributed by atoms with E-state index in [1.54, 1.807) is 7.11 Å². The summed E-state index contributed by atoms with van der Waals surface area (Å²) >= 11 is 12.0. The summed E-state index contributed by atoms with van der Waals surface area (Å²) in [5.41, 5.74) is 4.94. The Labute approximate surface area is 228 Å². The second kappa shape index (κ2) is 12.9. The number of halogens is 1. The molecule has 0 bridgehead atoms. The van der Waals surface area contributed by atoms with Gasteiger partial charge in [0.2, 0.25) is 0 Å². The second-order valence-corrected chi connectivity index (χ2v) is 9.46. The first kappa shape index (κ1) is 26.2. The minimum absolute atomic E-state index is 0.646.